The number of aliphatic carboxylic acids is 1. The van der Waals surface area contributed by atoms with E-state index in [1.807, 2.05) is 6.92 Å². The van der Waals surface area contributed by atoms with E-state index in [0.717, 1.165) is 19.3 Å². The molecule has 0 aliphatic heterocycles. The second kappa shape index (κ2) is 6.73. The van der Waals surface area contributed by atoms with Crippen molar-refractivity contribution in [2.24, 2.45) is 5.41 Å². The third-order valence-electron chi connectivity index (χ3n) is 3.75. The first-order chi connectivity index (χ1) is 8.50. The zero-order valence-electron chi connectivity index (χ0n) is 11.2. The van der Waals surface area contributed by atoms with Crippen molar-refractivity contribution in [2.45, 2.75) is 51.6 Å². The van der Waals surface area contributed by atoms with Crippen LogP contribution in [0.15, 0.2) is 0 Å². The molecule has 1 unspecified atom stereocenters. The van der Waals surface area contributed by atoms with Crippen molar-refractivity contribution in [3.8, 4) is 0 Å². The van der Waals surface area contributed by atoms with Crippen molar-refractivity contribution >= 4 is 11.9 Å². The minimum absolute atomic E-state index is 0.0546. The van der Waals surface area contributed by atoms with Gasteiger partial charge in [-0.2, -0.15) is 0 Å². The summed E-state index contributed by atoms with van der Waals surface area (Å²) in [5.74, 6) is -1.03. The number of hydrogen-bond acceptors (Lipinski definition) is 3. The highest BCUT2D eigenvalue weighted by Gasteiger charge is 2.41. The molecule has 1 amide bonds. The Balaban J connectivity index is 2.50. The zero-order chi connectivity index (χ0) is 13.6. The summed E-state index contributed by atoms with van der Waals surface area (Å²) >= 11 is 0. The van der Waals surface area contributed by atoms with Crippen LogP contribution in [0.1, 0.15) is 45.4 Å². The fourth-order valence-electron chi connectivity index (χ4n) is 2.41. The average molecular weight is 257 g/mol. The predicted molar refractivity (Wildman–Crippen MR) is 67.3 cm³/mol. The molecular weight excluding hydrogens is 234 g/mol. The fraction of sp³-hybridized carbons (Fsp3) is 0.846. The van der Waals surface area contributed by atoms with Gasteiger partial charge in [-0.05, 0) is 19.8 Å². The number of nitrogens with one attached hydrogen (secondary N) is 1. The highest BCUT2D eigenvalue weighted by Crippen LogP contribution is 2.39. The van der Waals surface area contributed by atoms with Crippen molar-refractivity contribution in [2.75, 3.05) is 13.7 Å². The van der Waals surface area contributed by atoms with Crippen molar-refractivity contribution in [3.05, 3.63) is 0 Å². The van der Waals surface area contributed by atoms with Gasteiger partial charge < -0.3 is 15.2 Å². The SMILES string of the molecule is COC(C)CNC(=O)CC1(C(=O)O)CCCCC1. The van der Waals surface area contributed by atoms with Crippen LogP contribution in [0.3, 0.4) is 0 Å². The van der Waals surface area contributed by atoms with E-state index in [4.69, 9.17) is 4.74 Å². The summed E-state index contributed by atoms with van der Waals surface area (Å²) in [6, 6.07) is 0. The van der Waals surface area contributed by atoms with E-state index in [2.05, 4.69) is 5.32 Å². The summed E-state index contributed by atoms with van der Waals surface area (Å²) < 4.78 is 5.03. The van der Waals surface area contributed by atoms with Gasteiger partial charge in [-0.25, -0.2) is 0 Å². The van der Waals surface area contributed by atoms with E-state index >= 15 is 0 Å². The van der Waals surface area contributed by atoms with Crippen molar-refractivity contribution in [3.63, 3.8) is 0 Å². The first-order valence-electron chi connectivity index (χ1n) is 6.53. The normalized spacial score (nSPS) is 20.1. The summed E-state index contributed by atoms with van der Waals surface area (Å²) in [5.41, 5.74) is -0.849. The van der Waals surface area contributed by atoms with E-state index in [1.165, 1.54) is 0 Å². The molecule has 0 radical (unpaired) electrons. The summed E-state index contributed by atoms with van der Waals surface area (Å²) in [6.07, 6.45) is 4.10. The van der Waals surface area contributed by atoms with Gasteiger partial charge in [0.15, 0.2) is 0 Å². The highest BCUT2D eigenvalue weighted by molar-refractivity contribution is 5.85. The lowest BCUT2D eigenvalue weighted by Gasteiger charge is -2.32. The van der Waals surface area contributed by atoms with Gasteiger partial charge in [-0.15, -0.1) is 0 Å². The molecule has 2 N–H and O–H groups in total. The monoisotopic (exact) mass is 257 g/mol. The molecule has 0 spiro atoms. The van der Waals surface area contributed by atoms with E-state index < -0.39 is 11.4 Å². The number of carbonyl (C=O) groups excluding carboxylic acids is 1. The summed E-state index contributed by atoms with van der Waals surface area (Å²) in [6.45, 7) is 2.28. The standard InChI is InChI=1S/C13H23NO4/c1-10(18-2)9-14-11(15)8-13(12(16)17)6-4-3-5-7-13/h10H,3-9H2,1-2H3,(H,14,15)(H,16,17). The number of carboxylic acid groups (broad SMARTS) is 1. The third-order valence-corrected chi connectivity index (χ3v) is 3.75. The van der Waals surface area contributed by atoms with Crippen molar-refractivity contribution < 1.29 is 19.4 Å². The Bertz CT molecular complexity index is 297. The van der Waals surface area contributed by atoms with E-state index in [-0.39, 0.29) is 18.4 Å². The quantitative estimate of drug-likeness (QED) is 0.757. The molecule has 1 aliphatic carbocycles. The topological polar surface area (TPSA) is 75.6 Å². The van der Waals surface area contributed by atoms with Gasteiger partial charge in [0, 0.05) is 20.1 Å². The Kier molecular flexibility index (Phi) is 5.59. The van der Waals surface area contributed by atoms with Crippen LogP contribution in [0.4, 0.5) is 0 Å². The molecular formula is C13H23NO4. The van der Waals surface area contributed by atoms with Crippen LogP contribution in [0.5, 0.6) is 0 Å². The molecule has 1 atom stereocenters. The molecule has 1 saturated carbocycles. The Morgan fingerprint density at radius 2 is 1.94 bits per heavy atom. The zero-order valence-corrected chi connectivity index (χ0v) is 11.2. The van der Waals surface area contributed by atoms with Crippen LogP contribution in [-0.4, -0.2) is 36.7 Å². The first-order valence-corrected chi connectivity index (χ1v) is 6.53. The average Bonchev–Trinajstić information content (AvgIpc) is 2.36. The van der Waals surface area contributed by atoms with Gasteiger partial charge >= 0.3 is 5.97 Å². The fourth-order valence-corrected chi connectivity index (χ4v) is 2.41. The minimum atomic E-state index is -0.849. The van der Waals surface area contributed by atoms with Gasteiger partial charge in [0.2, 0.25) is 5.91 Å². The maximum atomic E-state index is 11.8. The maximum absolute atomic E-state index is 11.8. The largest absolute Gasteiger partial charge is 0.481 e. The van der Waals surface area contributed by atoms with Gasteiger partial charge in [0.05, 0.1) is 11.5 Å². The molecule has 0 aromatic rings. The van der Waals surface area contributed by atoms with Gasteiger partial charge in [-0.3, -0.25) is 9.59 Å². The van der Waals surface area contributed by atoms with Crippen LogP contribution < -0.4 is 5.32 Å². The molecule has 0 saturated heterocycles. The van der Waals surface area contributed by atoms with E-state index in [9.17, 15) is 14.7 Å². The van der Waals surface area contributed by atoms with Crippen LogP contribution in [0.2, 0.25) is 0 Å². The number of amides is 1. The number of methoxy groups -OCH3 is 1. The Morgan fingerprint density at radius 3 is 2.44 bits per heavy atom. The molecule has 0 bridgehead atoms. The minimum Gasteiger partial charge on any atom is -0.481 e. The lowest BCUT2D eigenvalue weighted by Crippen LogP contribution is -2.40. The summed E-state index contributed by atoms with van der Waals surface area (Å²) in [7, 11) is 1.58. The maximum Gasteiger partial charge on any atom is 0.310 e. The number of rotatable bonds is 6. The van der Waals surface area contributed by atoms with E-state index in [1.54, 1.807) is 7.11 Å². The molecule has 5 nitrogen and oxygen atoms in total. The Morgan fingerprint density at radius 1 is 1.33 bits per heavy atom. The van der Waals surface area contributed by atoms with Crippen molar-refractivity contribution in [1.82, 2.24) is 5.32 Å². The number of hydrogen-bond donors (Lipinski definition) is 2. The molecule has 0 aromatic carbocycles. The predicted octanol–water partition coefficient (Wildman–Crippen LogP) is 1.56. The molecule has 1 rings (SSSR count). The molecule has 0 heterocycles. The lowest BCUT2D eigenvalue weighted by molar-refractivity contribution is -0.154. The second-order valence-electron chi connectivity index (χ2n) is 5.17. The van der Waals surface area contributed by atoms with Crippen molar-refractivity contribution in [1.29, 1.82) is 0 Å². The smallest absolute Gasteiger partial charge is 0.310 e. The van der Waals surface area contributed by atoms with E-state index in [0.29, 0.717) is 19.4 Å². The van der Waals surface area contributed by atoms with Gasteiger partial charge in [0.25, 0.3) is 0 Å². The van der Waals surface area contributed by atoms with Crippen LogP contribution in [-0.2, 0) is 14.3 Å². The number of ether oxygens (including phenoxy) is 1. The number of carbonyl (C=O) groups is 2. The van der Waals surface area contributed by atoms with Crippen LogP contribution in [0.25, 0.3) is 0 Å². The summed E-state index contributed by atoms with van der Waals surface area (Å²) in [5, 5.41) is 12.1. The molecule has 0 aromatic heterocycles. The lowest BCUT2D eigenvalue weighted by atomic mass is 9.71. The molecule has 104 valence electrons. The Hall–Kier alpha value is -1.10. The van der Waals surface area contributed by atoms with Gasteiger partial charge in [0.1, 0.15) is 0 Å². The summed E-state index contributed by atoms with van der Waals surface area (Å²) in [4.78, 5) is 23.2. The molecule has 1 fully saturated rings. The molecule has 5 heteroatoms. The van der Waals surface area contributed by atoms with Gasteiger partial charge in [-0.1, -0.05) is 19.3 Å². The highest BCUT2D eigenvalue weighted by atomic mass is 16.5. The second-order valence-corrected chi connectivity index (χ2v) is 5.17. The number of carboxylic acids is 1. The third kappa shape index (κ3) is 3.98. The van der Waals surface area contributed by atoms with Crippen LogP contribution in [0, 0.1) is 5.41 Å². The first kappa shape index (κ1) is 15.0. The Labute approximate surface area is 108 Å². The molecule has 1 aliphatic rings. The molecule has 18 heavy (non-hydrogen) atoms. The van der Waals surface area contributed by atoms with Crippen LogP contribution >= 0.6 is 0 Å².